The predicted octanol–water partition coefficient (Wildman–Crippen LogP) is 4.18. The summed E-state index contributed by atoms with van der Waals surface area (Å²) in [7, 11) is 0. The van der Waals surface area contributed by atoms with Crippen LogP contribution in [0.2, 0.25) is 0 Å². The zero-order chi connectivity index (χ0) is 17.3. The number of piperidine rings is 1. The van der Waals surface area contributed by atoms with Crippen LogP contribution >= 0.6 is 15.9 Å². The van der Waals surface area contributed by atoms with Crippen LogP contribution in [0.4, 0.5) is 0 Å². The standard InChI is InChI=1S/C19H24BrN3O/c1-13-7-9-22(10-8-13)19(24)17-6-4-5-16(11-17)12-23-15(3)18(20)14(2)21-23/h4-6,11,13H,7-10,12H2,1-3H3. The van der Waals surface area contributed by atoms with Crippen LogP contribution in [0.15, 0.2) is 28.7 Å². The summed E-state index contributed by atoms with van der Waals surface area (Å²) < 4.78 is 3.03. The third kappa shape index (κ3) is 3.56. The van der Waals surface area contributed by atoms with Gasteiger partial charge < -0.3 is 4.90 Å². The number of hydrogen-bond acceptors (Lipinski definition) is 2. The lowest BCUT2D eigenvalue weighted by Crippen LogP contribution is -2.37. The Hall–Kier alpha value is -1.62. The van der Waals surface area contributed by atoms with Gasteiger partial charge in [0.15, 0.2) is 0 Å². The zero-order valence-electron chi connectivity index (χ0n) is 14.6. The molecule has 0 spiro atoms. The summed E-state index contributed by atoms with van der Waals surface area (Å²) in [6, 6.07) is 7.95. The summed E-state index contributed by atoms with van der Waals surface area (Å²) >= 11 is 3.56. The van der Waals surface area contributed by atoms with Gasteiger partial charge >= 0.3 is 0 Å². The molecule has 2 heterocycles. The number of likely N-dealkylation sites (tertiary alicyclic amines) is 1. The third-order valence-electron chi connectivity index (χ3n) is 4.87. The number of aromatic nitrogens is 2. The molecule has 128 valence electrons. The van der Waals surface area contributed by atoms with Crippen LogP contribution < -0.4 is 0 Å². The molecule has 0 unspecified atom stereocenters. The SMILES string of the molecule is Cc1nn(Cc2cccc(C(=O)N3CCC(C)CC3)c2)c(C)c1Br. The van der Waals surface area contributed by atoms with Crippen LogP contribution in [0.25, 0.3) is 0 Å². The van der Waals surface area contributed by atoms with Crippen LogP contribution in [0.3, 0.4) is 0 Å². The number of benzene rings is 1. The van der Waals surface area contributed by atoms with Gasteiger partial charge in [-0.05, 0) is 66.2 Å². The van der Waals surface area contributed by atoms with Crippen LogP contribution in [-0.4, -0.2) is 33.7 Å². The van der Waals surface area contributed by atoms with Gasteiger partial charge in [-0.2, -0.15) is 5.10 Å². The maximum Gasteiger partial charge on any atom is 0.253 e. The van der Waals surface area contributed by atoms with E-state index in [2.05, 4.69) is 34.0 Å². The van der Waals surface area contributed by atoms with Crippen molar-refractivity contribution in [2.45, 2.75) is 40.2 Å². The van der Waals surface area contributed by atoms with E-state index in [9.17, 15) is 4.79 Å². The fraction of sp³-hybridized carbons (Fsp3) is 0.474. The van der Waals surface area contributed by atoms with Gasteiger partial charge in [-0.1, -0.05) is 19.1 Å². The number of hydrogen-bond donors (Lipinski definition) is 0. The lowest BCUT2D eigenvalue weighted by atomic mass is 9.98. The Kier molecular flexibility index (Phi) is 5.09. The van der Waals surface area contributed by atoms with Crippen molar-refractivity contribution in [1.82, 2.24) is 14.7 Å². The number of carbonyl (C=O) groups excluding carboxylic acids is 1. The summed E-state index contributed by atoms with van der Waals surface area (Å²) in [5.41, 5.74) is 3.98. The highest BCUT2D eigenvalue weighted by Crippen LogP contribution is 2.22. The van der Waals surface area contributed by atoms with Crippen molar-refractivity contribution in [2.24, 2.45) is 5.92 Å². The number of aryl methyl sites for hydroxylation is 1. The molecule has 0 saturated carbocycles. The fourth-order valence-electron chi connectivity index (χ4n) is 3.20. The minimum absolute atomic E-state index is 0.151. The van der Waals surface area contributed by atoms with Gasteiger partial charge in [0, 0.05) is 18.7 Å². The van der Waals surface area contributed by atoms with Crippen molar-refractivity contribution in [3.63, 3.8) is 0 Å². The van der Waals surface area contributed by atoms with Gasteiger partial charge in [0.25, 0.3) is 5.91 Å². The monoisotopic (exact) mass is 389 g/mol. The maximum atomic E-state index is 12.7. The van der Waals surface area contributed by atoms with Crippen molar-refractivity contribution < 1.29 is 4.79 Å². The molecular formula is C19H24BrN3O. The molecule has 1 aliphatic heterocycles. The van der Waals surface area contributed by atoms with E-state index in [1.54, 1.807) is 0 Å². The van der Waals surface area contributed by atoms with Gasteiger partial charge in [0.05, 0.1) is 22.4 Å². The Balaban J connectivity index is 1.76. The van der Waals surface area contributed by atoms with Crippen LogP contribution in [0.5, 0.6) is 0 Å². The number of amides is 1. The van der Waals surface area contributed by atoms with Crippen molar-refractivity contribution in [1.29, 1.82) is 0 Å². The van der Waals surface area contributed by atoms with Crippen LogP contribution in [0, 0.1) is 19.8 Å². The molecular weight excluding hydrogens is 366 g/mol. The number of nitrogens with zero attached hydrogens (tertiary/aromatic N) is 3. The van der Waals surface area contributed by atoms with Crippen molar-refractivity contribution in [3.8, 4) is 0 Å². The first-order chi connectivity index (χ1) is 11.5. The fourth-order valence-corrected chi connectivity index (χ4v) is 3.48. The highest BCUT2D eigenvalue weighted by atomic mass is 79.9. The van der Waals surface area contributed by atoms with E-state index in [0.29, 0.717) is 6.54 Å². The lowest BCUT2D eigenvalue weighted by Gasteiger charge is -2.30. The van der Waals surface area contributed by atoms with Crippen molar-refractivity contribution in [2.75, 3.05) is 13.1 Å². The second-order valence-corrected chi connectivity index (χ2v) is 7.61. The number of carbonyl (C=O) groups is 1. The van der Waals surface area contributed by atoms with Gasteiger partial charge in [0.1, 0.15) is 0 Å². The predicted molar refractivity (Wildman–Crippen MR) is 99.2 cm³/mol. The lowest BCUT2D eigenvalue weighted by molar-refractivity contribution is 0.0697. The van der Waals surface area contributed by atoms with E-state index in [1.807, 2.05) is 41.6 Å². The van der Waals surface area contributed by atoms with E-state index in [0.717, 1.165) is 58.8 Å². The maximum absolute atomic E-state index is 12.7. The Morgan fingerprint density at radius 2 is 2.00 bits per heavy atom. The largest absolute Gasteiger partial charge is 0.339 e. The molecule has 0 N–H and O–H groups in total. The molecule has 3 rings (SSSR count). The second-order valence-electron chi connectivity index (χ2n) is 6.82. The average Bonchev–Trinajstić information content (AvgIpc) is 2.82. The normalized spacial score (nSPS) is 15.8. The Morgan fingerprint density at radius 3 is 2.62 bits per heavy atom. The Labute approximate surface area is 152 Å². The topological polar surface area (TPSA) is 38.1 Å². The van der Waals surface area contributed by atoms with Gasteiger partial charge in [-0.3, -0.25) is 9.48 Å². The molecule has 1 aromatic heterocycles. The molecule has 1 saturated heterocycles. The van der Waals surface area contributed by atoms with Crippen molar-refractivity contribution in [3.05, 3.63) is 51.3 Å². The van der Waals surface area contributed by atoms with Gasteiger partial charge in [0.2, 0.25) is 0 Å². The third-order valence-corrected chi connectivity index (χ3v) is 6.02. The highest BCUT2D eigenvalue weighted by molar-refractivity contribution is 9.10. The summed E-state index contributed by atoms with van der Waals surface area (Å²) in [6.45, 7) is 8.72. The molecule has 0 bridgehead atoms. The first-order valence-electron chi connectivity index (χ1n) is 8.53. The smallest absolute Gasteiger partial charge is 0.253 e. The highest BCUT2D eigenvalue weighted by Gasteiger charge is 2.21. The zero-order valence-corrected chi connectivity index (χ0v) is 16.1. The number of halogens is 1. The average molecular weight is 390 g/mol. The quantitative estimate of drug-likeness (QED) is 0.789. The van der Waals surface area contributed by atoms with E-state index in [-0.39, 0.29) is 5.91 Å². The van der Waals surface area contributed by atoms with Crippen LogP contribution in [-0.2, 0) is 6.54 Å². The van der Waals surface area contributed by atoms with Crippen molar-refractivity contribution >= 4 is 21.8 Å². The first-order valence-corrected chi connectivity index (χ1v) is 9.32. The Bertz CT molecular complexity index is 745. The second kappa shape index (κ2) is 7.09. The first kappa shape index (κ1) is 17.2. The van der Waals surface area contributed by atoms with E-state index < -0.39 is 0 Å². The minimum Gasteiger partial charge on any atom is -0.339 e. The minimum atomic E-state index is 0.151. The summed E-state index contributed by atoms with van der Waals surface area (Å²) in [5, 5.41) is 4.55. The molecule has 4 nitrogen and oxygen atoms in total. The molecule has 1 aliphatic rings. The van der Waals surface area contributed by atoms with Gasteiger partial charge in [-0.15, -0.1) is 0 Å². The Morgan fingerprint density at radius 1 is 1.29 bits per heavy atom. The van der Waals surface area contributed by atoms with E-state index in [1.165, 1.54) is 0 Å². The summed E-state index contributed by atoms with van der Waals surface area (Å²) in [4.78, 5) is 14.7. The molecule has 1 fully saturated rings. The van der Waals surface area contributed by atoms with Gasteiger partial charge in [-0.25, -0.2) is 0 Å². The van der Waals surface area contributed by atoms with E-state index >= 15 is 0 Å². The molecule has 1 amide bonds. The molecule has 0 aliphatic carbocycles. The molecule has 0 radical (unpaired) electrons. The molecule has 1 aromatic carbocycles. The summed E-state index contributed by atoms with van der Waals surface area (Å²) in [6.07, 6.45) is 2.20. The van der Waals surface area contributed by atoms with Crippen LogP contribution in [0.1, 0.15) is 47.1 Å². The molecule has 0 atom stereocenters. The number of rotatable bonds is 3. The molecule has 5 heteroatoms. The molecule has 24 heavy (non-hydrogen) atoms. The molecule has 2 aromatic rings. The van der Waals surface area contributed by atoms with E-state index in [4.69, 9.17) is 0 Å². The summed E-state index contributed by atoms with van der Waals surface area (Å²) in [5.74, 6) is 0.878.